The molecule has 2 aromatic heterocycles. The SMILES string of the molecule is Cc1c(F)cc(-c2noc(C3CC(F)(F)C3)n2)cc1NC(=O)/C(=C/N)c1ccccn1. The maximum atomic E-state index is 14.5. The highest BCUT2D eigenvalue weighted by atomic mass is 19.3. The third-order valence-electron chi connectivity index (χ3n) is 5.08. The van der Waals surface area contributed by atoms with E-state index >= 15 is 0 Å². The van der Waals surface area contributed by atoms with Crippen LogP contribution in [0.3, 0.4) is 0 Å². The first kappa shape index (κ1) is 20.6. The second kappa shape index (κ2) is 7.86. The Morgan fingerprint density at radius 1 is 1.32 bits per heavy atom. The fourth-order valence-corrected chi connectivity index (χ4v) is 3.28. The minimum atomic E-state index is -2.73. The number of alkyl halides is 2. The average Bonchev–Trinajstić information content (AvgIpc) is 3.20. The molecule has 2 heterocycles. The number of nitrogens with zero attached hydrogens (tertiary/aromatic N) is 3. The molecule has 3 aromatic rings. The van der Waals surface area contributed by atoms with Crippen molar-refractivity contribution in [1.82, 2.24) is 15.1 Å². The van der Waals surface area contributed by atoms with Crippen LogP contribution in [0.1, 0.15) is 35.9 Å². The molecule has 0 aliphatic heterocycles. The zero-order chi connectivity index (χ0) is 22.2. The number of hydrogen-bond acceptors (Lipinski definition) is 6. The molecule has 31 heavy (non-hydrogen) atoms. The largest absolute Gasteiger partial charge is 0.404 e. The third-order valence-corrected chi connectivity index (χ3v) is 5.08. The Kier molecular flexibility index (Phi) is 5.22. The molecule has 160 valence electrons. The van der Waals surface area contributed by atoms with Crippen molar-refractivity contribution in [3.8, 4) is 11.4 Å². The highest BCUT2D eigenvalue weighted by Crippen LogP contribution is 2.48. The molecule has 1 aromatic carbocycles. The lowest BCUT2D eigenvalue weighted by molar-refractivity contribution is -0.111. The van der Waals surface area contributed by atoms with Crippen molar-refractivity contribution in [2.45, 2.75) is 31.6 Å². The number of carbonyl (C=O) groups excluding carboxylic acids is 1. The van der Waals surface area contributed by atoms with E-state index in [-0.39, 0.29) is 46.9 Å². The molecule has 0 radical (unpaired) electrons. The second-order valence-corrected chi connectivity index (χ2v) is 7.30. The predicted molar refractivity (Wildman–Crippen MR) is 106 cm³/mol. The lowest BCUT2D eigenvalue weighted by Crippen LogP contribution is -2.33. The summed E-state index contributed by atoms with van der Waals surface area (Å²) in [5.41, 5.74) is 6.66. The third kappa shape index (κ3) is 4.14. The Bertz CT molecular complexity index is 1150. The van der Waals surface area contributed by atoms with Gasteiger partial charge in [-0.15, -0.1) is 0 Å². The Balaban J connectivity index is 1.59. The molecule has 1 saturated carbocycles. The molecular weight excluding hydrogens is 411 g/mol. The van der Waals surface area contributed by atoms with Crippen LogP contribution in [0.25, 0.3) is 17.0 Å². The monoisotopic (exact) mass is 429 g/mol. The molecule has 1 aliphatic rings. The van der Waals surface area contributed by atoms with E-state index in [1.807, 2.05) is 0 Å². The van der Waals surface area contributed by atoms with E-state index in [0.29, 0.717) is 5.69 Å². The van der Waals surface area contributed by atoms with Gasteiger partial charge in [0.25, 0.3) is 5.91 Å². The van der Waals surface area contributed by atoms with E-state index in [9.17, 15) is 18.0 Å². The summed E-state index contributed by atoms with van der Waals surface area (Å²) in [6, 6.07) is 7.69. The molecule has 0 atom stereocenters. The lowest BCUT2D eigenvalue weighted by atomic mass is 9.81. The topological polar surface area (TPSA) is 107 Å². The zero-order valence-corrected chi connectivity index (χ0v) is 16.4. The highest BCUT2D eigenvalue weighted by Gasteiger charge is 2.48. The van der Waals surface area contributed by atoms with Gasteiger partial charge >= 0.3 is 0 Å². The van der Waals surface area contributed by atoms with Crippen LogP contribution in [0.2, 0.25) is 0 Å². The van der Waals surface area contributed by atoms with Crippen LogP contribution in [-0.2, 0) is 4.79 Å². The first-order valence-corrected chi connectivity index (χ1v) is 9.44. The number of rotatable bonds is 5. The van der Waals surface area contributed by atoms with Gasteiger partial charge in [-0.25, -0.2) is 13.2 Å². The molecule has 4 rings (SSSR count). The van der Waals surface area contributed by atoms with Gasteiger partial charge in [0.2, 0.25) is 17.6 Å². The van der Waals surface area contributed by atoms with Gasteiger partial charge in [0.05, 0.1) is 11.3 Å². The van der Waals surface area contributed by atoms with Crippen molar-refractivity contribution < 1.29 is 22.5 Å². The Hall–Kier alpha value is -3.69. The van der Waals surface area contributed by atoms with Crippen LogP contribution in [0.5, 0.6) is 0 Å². The smallest absolute Gasteiger partial charge is 0.259 e. The standard InChI is InChI=1S/C21H18F3N5O2/c1-11-15(22)6-12(18-28-20(31-29-18)13-8-21(23,24)9-13)7-17(11)27-19(30)14(10-25)16-4-2-3-5-26-16/h2-7,10,13H,8-9,25H2,1H3,(H,27,30)/b14-10+. The van der Waals surface area contributed by atoms with Crippen LogP contribution in [0, 0.1) is 12.7 Å². The van der Waals surface area contributed by atoms with E-state index in [1.54, 1.807) is 18.2 Å². The van der Waals surface area contributed by atoms with Crippen molar-refractivity contribution in [3.05, 3.63) is 65.7 Å². The first-order valence-electron chi connectivity index (χ1n) is 9.44. The fraction of sp³-hybridized carbons (Fsp3) is 0.238. The van der Waals surface area contributed by atoms with E-state index in [2.05, 4.69) is 20.4 Å². The van der Waals surface area contributed by atoms with Gasteiger partial charge in [0.15, 0.2) is 0 Å². The van der Waals surface area contributed by atoms with Crippen molar-refractivity contribution in [2.75, 3.05) is 5.32 Å². The molecule has 1 fully saturated rings. The molecule has 10 heteroatoms. The Morgan fingerprint density at radius 3 is 2.74 bits per heavy atom. The van der Waals surface area contributed by atoms with E-state index in [1.165, 1.54) is 25.3 Å². The normalized spacial score (nSPS) is 16.1. The molecule has 0 unspecified atom stereocenters. The number of anilines is 1. The minimum absolute atomic E-state index is 0.0407. The van der Waals surface area contributed by atoms with Crippen molar-refractivity contribution in [3.63, 3.8) is 0 Å². The van der Waals surface area contributed by atoms with Gasteiger partial charge in [-0.1, -0.05) is 11.2 Å². The second-order valence-electron chi connectivity index (χ2n) is 7.30. The predicted octanol–water partition coefficient (Wildman–Crippen LogP) is 4.03. The summed E-state index contributed by atoms with van der Waals surface area (Å²) in [4.78, 5) is 20.9. The minimum Gasteiger partial charge on any atom is -0.404 e. The van der Waals surface area contributed by atoms with E-state index in [0.717, 1.165) is 6.20 Å². The van der Waals surface area contributed by atoms with Crippen LogP contribution in [0.15, 0.2) is 47.3 Å². The van der Waals surface area contributed by atoms with Gasteiger partial charge in [0, 0.05) is 48.0 Å². The molecule has 3 N–H and O–H groups in total. The van der Waals surface area contributed by atoms with Crippen LogP contribution < -0.4 is 11.1 Å². The van der Waals surface area contributed by atoms with Gasteiger partial charge in [0.1, 0.15) is 5.82 Å². The summed E-state index contributed by atoms with van der Waals surface area (Å²) in [7, 11) is 0. The summed E-state index contributed by atoms with van der Waals surface area (Å²) in [6.45, 7) is 1.50. The number of halogens is 3. The summed E-state index contributed by atoms with van der Waals surface area (Å²) in [6.07, 6.45) is 1.91. The number of carbonyl (C=O) groups is 1. The van der Waals surface area contributed by atoms with Crippen molar-refractivity contribution in [1.29, 1.82) is 0 Å². The summed E-state index contributed by atoms with van der Waals surface area (Å²) < 4.78 is 45.8. The highest BCUT2D eigenvalue weighted by molar-refractivity contribution is 6.24. The van der Waals surface area contributed by atoms with Gasteiger partial charge in [-0.2, -0.15) is 4.98 Å². The maximum Gasteiger partial charge on any atom is 0.259 e. The Labute approximate surface area is 175 Å². The Morgan fingerprint density at radius 2 is 2.10 bits per heavy atom. The zero-order valence-electron chi connectivity index (χ0n) is 16.4. The van der Waals surface area contributed by atoms with Crippen LogP contribution >= 0.6 is 0 Å². The summed E-state index contributed by atoms with van der Waals surface area (Å²) in [5, 5.41) is 6.40. The maximum absolute atomic E-state index is 14.5. The van der Waals surface area contributed by atoms with Gasteiger partial charge in [-0.05, 0) is 31.2 Å². The molecule has 1 aliphatic carbocycles. The molecule has 0 saturated heterocycles. The summed E-state index contributed by atoms with van der Waals surface area (Å²) in [5.74, 6) is -4.32. The first-order chi connectivity index (χ1) is 14.8. The number of nitrogens with one attached hydrogen (secondary N) is 1. The van der Waals surface area contributed by atoms with E-state index in [4.69, 9.17) is 10.3 Å². The molecule has 0 bridgehead atoms. The lowest BCUT2D eigenvalue weighted by Gasteiger charge is -2.31. The van der Waals surface area contributed by atoms with Crippen LogP contribution in [0.4, 0.5) is 18.9 Å². The van der Waals surface area contributed by atoms with Gasteiger partial charge in [-0.3, -0.25) is 9.78 Å². The summed E-state index contributed by atoms with van der Waals surface area (Å²) >= 11 is 0. The number of aromatic nitrogens is 3. The van der Waals surface area contributed by atoms with Gasteiger partial charge < -0.3 is 15.6 Å². The van der Waals surface area contributed by atoms with Crippen LogP contribution in [-0.4, -0.2) is 27.0 Å². The molecule has 7 nitrogen and oxygen atoms in total. The number of pyridine rings is 1. The van der Waals surface area contributed by atoms with Crippen molar-refractivity contribution in [2.24, 2.45) is 5.73 Å². The quantitative estimate of drug-likeness (QED) is 0.593. The molecule has 1 amide bonds. The number of amides is 1. The fourth-order valence-electron chi connectivity index (χ4n) is 3.28. The number of benzene rings is 1. The molecular formula is C21H18F3N5O2. The number of hydrogen-bond donors (Lipinski definition) is 2. The van der Waals surface area contributed by atoms with Crippen molar-refractivity contribution >= 4 is 17.2 Å². The van der Waals surface area contributed by atoms with E-state index < -0.39 is 23.6 Å². The average molecular weight is 429 g/mol. The number of nitrogens with two attached hydrogens (primary N) is 1. The molecule has 0 spiro atoms.